The first-order valence-corrected chi connectivity index (χ1v) is 9.86. The van der Waals surface area contributed by atoms with Crippen molar-refractivity contribution in [1.82, 2.24) is 15.0 Å². The van der Waals surface area contributed by atoms with Crippen LogP contribution in [0.15, 0.2) is 6.20 Å². The highest BCUT2D eigenvalue weighted by Crippen LogP contribution is 2.50. The van der Waals surface area contributed by atoms with Gasteiger partial charge in [0.05, 0.1) is 31.3 Å². The predicted octanol–water partition coefficient (Wildman–Crippen LogP) is 3.13. The third-order valence-corrected chi connectivity index (χ3v) is 6.33. The van der Waals surface area contributed by atoms with Crippen molar-refractivity contribution in [2.24, 2.45) is 0 Å². The summed E-state index contributed by atoms with van der Waals surface area (Å²) in [6.45, 7) is 4.61. The fraction of sp³-hybridized carbons (Fsp3) is 0.500. The molecule has 28 heavy (non-hydrogen) atoms. The Labute approximate surface area is 169 Å². The monoisotopic (exact) mass is 401 g/mol. The predicted molar refractivity (Wildman–Crippen MR) is 108 cm³/mol. The van der Waals surface area contributed by atoms with Gasteiger partial charge < -0.3 is 15.4 Å². The minimum Gasteiger partial charge on any atom is -0.496 e. The van der Waals surface area contributed by atoms with E-state index in [1.165, 1.54) is 0 Å². The van der Waals surface area contributed by atoms with Gasteiger partial charge in [-0.1, -0.05) is 24.4 Å². The Hall–Kier alpha value is -2.41. The molecule has 1 spiro atoms. The summed E-state index contributed by atoms with van der Waals surface area (Å²) in [5.74, 6) is 1.74. The lowest BCUT2D eigenvalue weighted by molar-refractivity contribution is -0.123. The third kappa shape index (κ3) is 2.80. The van der Waals surface area contributed by atoms with E-state index in [4.69, 9.17) is 22.1 Å². The van der Waals surface area contributed by atoms with Gasteiger partial charge in [0.1, 0.15) is 16.7 Å². The van der Waals surface area contributed by atoms with Gasteiger partial charge >= 0.3 is 0 Å². The normalized spacial score (nSPS) is 17.9. The van der Waals surface area contributed by atoms with E-state index in [-0.39, 0.29) is 23.4 Å². The van der Waals surface area contributed by atoms with Crippen LogP contribution in [0.3, 0.4) is 0 Å². The number of hydrogen-bond donors (Lipinski definition) is 1. The van der Waals surface area contributed by atoms with Crippen LogP contribution >= 0.6 is 11.6 Å². The number of fused-ring (bicyclic) bond motifs is 2. The topological polar surface area (TPSA) is 94.2 Å². The molecule has 8 heteroatoms. The summed E-state index contributed by atoms with van der Waals surface area (Å²) < 4.78 is 5.52. The third-order valence-electron chi connectivity index (χ3n) is 6.06. The maximum Gasteiger partial charge on any atom is 0.223 e. The molecule has 7 nitrogen and oxygen atoms in total. The van der Waals surface area contributed by atoms with Crippen molar-refractivity contribution in [3.05, 3.63) is 33.7 Å². The highest BCUT2D eigenvalue weighted by molar-refractivity contribution is 6.31. The molecule has 2 N–H and O–H groups in total. The Balaban J connectivity index is 1.81. The average molecular weight is 402 g/mol. The molecule has 4 rings (SSSR count). The number of nitrogen functional groups attached to an aromatic ring is 1. The summed E-state index contributed by atoms with van der Waals surface area (Å²) >= 11 is 6.50. The zero-order chi connectivity index (χ0) is 20.1. The molecule has 3 heterocycles. The second-order valence-electron chi connectivity index (χ2n) is 7.69. The second-order valence-corrected chi connectivity index (χ2v) is 8.04. The molecule has 1 fully saturated rings. The molecule has 2 aromatic rings. The Bertz CT molecular complexity index is 956. The molecule has 1 aliphatic heterocycles. The average Bonchev–Trinajstić information content (AvgIpc) is 3.12. The van der Waals surface area contributed by atoms with Gasteiger partial charge in [0, 0.05) is 22.9 Å². The van der Waals surface area contributed by atoms with Crippen molar-refractivity contribution in [2.45, 2.75) is 51.5 Å². The Morgan fingerprint density at radius 2 is 2.00 bits per heavy atom. The Morgan fingerprint density at radius 1 is 1.29 bits per heavy atom. The van der Waals surface area contributed by atoms with Crippen LogP contribution in [0.1, 0.15) is 48.1 Å². The number of halogens is 1. The van der Waals surface area contributed by atoms with E-state index >= 15 is 0 Å². The fourth-order valence-electron chi connectivity index (χ4n) is 4.67. The molecule has 0 atom stereocenters. The molecule has 2 aliphatic rings. The van der Waals surface area contributed by atoms with Gasteiger partial charge in [-0.15, -0.1) is 0 Å². The zero-order valence-electron chi connectivity index (χ0n) is 16.4. The number of nitrogens with two attached hydrogens (primary N) is 1. The van der Waals surface area contributed by atoms with E-state index < -0.39 is 5.41 Å². The van der Waals surface area contributed by atoms with Crippen molar-refractivity contribution in [3.63, 3.8) is 0 Å². The Kier molecular flexibility index (Phi) is 4.65. The van der Waals surface area contributed by atoms with E-state index in [1.807, 2.05) is 18.7 Å². The van der Waals surface area contributed by atoms with Crippen LogP contribution in [0.25, 0.3) is 0 Å². The van der Waals surface area contributed by atoms with Crippen molar-refractivity contribution >= 4 is 29.2 Å². The van der Waals surface area contributed by atoms with Crippen LogP contribution in [0.5, 0.6) is 5.75 Å². The summed E-state index contributed by atoms with van der Waals surface area (Å²) in [6, 6.07) is 0. The first kappa shape index (κ1) is 18.9. The fourth-order valence-corrected chi connectivity index (χ4v) is 5.02. The number of pyridine rings is 1. The second kappa shape index (κ2) is 6.88. The SMILES string of the molecule is COc1c(C)cnc(CN2CC(=O)C3(CCCC3)c3c(Cl)nc(N)nc32)c1C. The number of anilines is 2. The zero-order valence-corrected chi connectivity index (χ0v) is 17.1. The lowest BCUT2D eigenvalue weighted by Crippen LogP contribution is -2.48. The number of nitrogens with zero attached hydrogens (tertiary/aromatic N) is 4. The molecular weight excluding hydrogens is 378 g/mol. The number of ketones is 1. The van der Waals surface area contributed by atoms with Crippen molar-refractivity contribution < 1.29 is 9.53 Å². The van der Waals surface area contributed by atoms with E-state index in [0.29, 0.717) is 12.4 Å². The number of rotatable bonds is 3. The van der Waals surface area contributed by atoms with Crippen LogP contribution < -0.4 is 15.4 Å². The van der Waals surface area contributed by atoms with Gasteiger partial charge in [0.2, 0.25) is 5.95 Å². The van der Waals surface area contributed by atoms with Gasteiger partial charge in [-0.25, -0.2) is 4.98 Å². The van der Waals surface area contributed by atoms with Crippen LogP contribution in [0, 0.1) is 13.8 Å². The minimum absolute atomic E-state index is 0.113. The van der Waals surface area contributed by atoms with Crippen molar-refractivity contribution in [3.8, 4) is 5.75 Å². The molecule has 0 bridgehead atoms. The number of aromatic nitrogens is 3. The molecule has 148 valence electrons. The van der Waals surface area contributed by atoms with Gasteiger partial charge in [0.15, 0.2) is 5.78 Å². The largest absolute Gasteiger partial charge is 0.496 e. The molecule has 0 amide bonds. The number of carbonyl (C=O) groups is 1. The van der Waals surface area contributed by atoms with E-state index in [1.54, 1.807) is 13.3 Å². The smallest absolute Gasteiger partial charge is 0.223 e. The highest BCUT2D eigenvalue weighted by atomic mass is 35.5. The lowest BCUT2D eigenvalue weighted by Gasteiger charge is -2.40. The summed E-state index contributed by atoms with van der Waals surface area (Å²) in [7, 11) is 1.65. The molecule has 0 unspecified atom stereocenters. The number of carbonyl (C=O) groups excluding carboxylic acids is 1. The van der Waals surface area contributed by atoms with E-state index in [2.05, 4.69) is 15.0 Å². The van der Waals surface area contributed by atoms with E-state index in [0.717, 1.165) is 53.8 Å². The first-order chi connectivity index (χ1) is 13.4. The number of aryl methyl sites for hydroxylation is 1. The minimum atomic E-state index is -0.579. The van der Waals surface area contributed by atoms with Gasteiger partial charge in [-0.3, -0.25) is 9.78 Å². The maximum absolute atomic E-state index is 13.2. The van der Waals surface area contributed by atoms with Gasteiger partial charge in [-0.05, 0) is 26.7 Å². The number of Topliss-reactive ketones (excluding diaryl/α,β-unsaturated/α-hetero) is 1. The highest BCUT2D eigenvalue weighted by Gasteiger charge is 2.50. The molecular formula is C20H24ClN5O2. The first-order valence-electron chi connectivity index (χ1n) is 9.48. The van der Waals surface area contributed by atoms with Gasteiger partial charge in [-0.2, -0.15) is 4.98 Å². The Morgan fingerprint density at radius 3 is 2.68 bits per heavy atom. The van der Waals surface area contributed by atoms with Crippen LogP contribution in [0.2, 0.25) is 5.15 Å². The lowest BCUT2D eigenvalue weighted by atomic mass is 9.73. The summed E-state index contributed by atoms with van der Waals surface area (Å²) in [4.78, 5) is 28.4. The van der Waals surface area contributed by atoms with Crippen LogP contribution in [0.4, 0.5) is 11.8 Å². The molecule has 0 radical (unpaired) electrons. The van der Waals surface area contributed by atoms with Crippen LogP contribution in [-0.4, -0.2) is 34.4 Å². The quantitative estimate of drug-likeness (QED) is 0.789. The summed E-state index contributed by atoms with van der Waals surface area (Å²) in [6.07, 6.45) is 5.36. The van der Waals surface area contributed by atoms with E-state index in [9.17, 15) is 4.79 Å². The molecule has 1 aliphatic carbocycles. The number of methoxy groups -OCH3 is 1. The summed E-state index contributed by atoms with van der Waals surface area (Å²) in [5.41, 5.74) is 8.80. The van der Waals surface area contributed by atoms with Crippen molar-refractivity contribution in [2.75, 3.05) is 24.3 Å². The van der Waals surface area contributed by atoms with Gasteiger partial charge in [0.25, 0.3) is 0 Å². The molecule has 0 aromatic carbocycles. The number of hydrogen-bond acceptors (Lipinski definition) is 7. The molecule has 1 saturated carbocycles. The standard InChI is InChI=1S/C20H24ClN5O2/c1-11-8-23-13(12(2)16(11)28-3)9-26-10-14(27)20(6-4-5-7-20)15-17(21)24-19(22)25-18(15)26/h8H,4-7,9-10H2,1-3H3,(H2,22,24,25). The van der Waals surface area contributed by atoms with Crippen molar-refractivity contribution in [1.29, 1.82) is 0 Å². The number of ether oxygens (including phenoxy) is 1. The maximum atomic E-state index is 13.2. The van der Waals surface area contributed by atoms with Crippen LogP contribution in [-0.2, 0) is 16.8 Å². The molecule has 2 aromatic heterocycles. The molecule has 0 saturated heterocycles. The summed E-state index contributed by atoms with van der Waals surface area (Å²) in [5, 5.41) is 0.286.